The van der Waals surface area contributed by atoms with E-state index in [0.29, 0.717) is 25.4 Å². The molecule has 0 atom stereocenters. The summed E-state index contributed by atoms with van der Waals surface area (Å²) in [6.07, 6.45) is 0.689. The van der Waals surface area contributed by atoms with E-state index in [1.807, 2.05) is 0 Å². The maximum absolute atomic E-state index is 13.9. The normalized spacial score (nSPS) is 14.4. The van der Waals surface area contributed by atoms with Gasteiger partial charge in [0.05, 0.1) is 25.3 Å². The van der Waals surface area contributed by atoms with Crippen molar-refractivity contribution in [3.05, 3.63) is 23.5 Å². The summed E-state index contributed by atoms with van der Waals surface area (Å²) in [5, 5.41) is 0. The van der Waals surface area contributed by atoms with E-state index < -0.39 is 11.6 Å². The van der Waals surface area contributed by atoms with Crippen molar-refractivity contribution >= 4 is 5.78 Å². The monoisotopic (exact) mass is 225 g/mol. The van der Waals surface area contributed by atoms with E-state index >= 15 is 0 Å². The number of hydrogen-bond donors (Lipinski definition) is 1. The minimum absolute atomic E-state index is 0.0109. The third-order valence-corrected chi connectivity index (χ3v) is 2.34. The van der Waals surface area contributed by atoms with E-state index in [1.54, 1.807) is 0 Å². The lowest BCUT2D eigenvalue weighted by Gasteiger charge is -2.10. The van der Waals surface area contributed by atoms with Crippen molar-refractivity contribution < 1.29 is 18.7 Å². The Morgan fingerprint density at radius 3 is 2.88 bits per heavy atom. The van der Waals surface area contributed by atoms with Crippen molar-refractivity contribution in [3.8, 4) is 11.5 Å². The Labute approximate surface area is 92.1 Å². The molecule has 5 heteroatoms. The highest BCUT2D eigenvalue weighted by Crippen LogP contribution is 2.34. The molecule has 0 amide bonds. The average molecular weight is 225 g/mol. The van der Waals surface area contributed by atoms with Crippen molar-refractivity contribution in [2.24, 2.45) is 5.73 Å². The second-order valence-electron chi connectivity index (χ2n) is 3.43. The Morgan fingerprint density at radius 2 is 2.12 bits per heavy atom. The first-order valence-corrected chi connectivity index (χ1v) is 5.05. The average Bonchev–Trinajstić information content (AvgIpc) is 2.54. The van der Waals surface area contributed by atoms with E-state index in [2.05, 4.69) is 0 Å². The number of nitrogens with two attached hydrogens (primary N) is 1. The fourth-order valence-electron chi connectivity index (χ4n) is 1.53. The summed E-state index contributed by atoms with van der Waals surface area (Å²) < 4.78 is 24.4. The second-order valence-corrected chi connectivity index (χ2v) is 3.43. The molecule has 0 spiro atoms. The molecule has 2 rings (SSSR count). The molecule has 1 heterocycles. The summed E-state index contributed by atoms with van der Waals surface area (Å²) in [6, 6.07) is 2.91. The molecule has 0 radical (unpaired) electrons. The number of ether oxygens (including phenoxy) is 2. The second kappa shape index (κ2) is 4.49. The zero-order chi connectivity index (χ0) is 11.5. The van der Waals surface area contributed by atoms with Gasteiger partial charge in [0.15, 0.2) is 23.1 Å². The third-order valence-electron chi connectivity index (χ3n) is 2.34. The van der Waals surface area contributed by atoms with E-state index in [0.717, 1.165) is 0 Å². The number of Topliss-reactive ketones (excluding diaryl/α,β-unsaturated/α-hetero) is 1. The summed E-state index contributed by atoms with van der Waals surface area (Å²) in [7, 11) is 0. The van der Waals surface area contributed by atoms with Gasteiger partial charge in [-0.2, -0.15) is 0 Å². The third kappa shape index (κ3) is 1.86. The van der Waals surface area contributed by atoms with Gasteiger partial charge in [-0.3, -0.25) is 4.79 Å². The first-order chi connectivity index (χ1) is 7.74. The van der Waals surface area contributed by atoms with Crippen LogP contribution in [0.15, 0.2) is 12.1 Å². The lowest BCUT2D eigenvalue weighted by molar-refractivity contribution is 0.0996. The van der Waals surface area contributed by atoms with Crippen LogP contribution in [-0.2, 0) is 0 Å². The maximum Gasteiger partial charge on any atom is 0.197 e. The summed E-state index contributed by atoms with van der Waals surface area (Å²) in [5.41, 5.74) is 5.14. The number of fused-ring (bicyclic) bond motifs is 1. The van der Waals surface area contributed by atoms with Crippen LogP contribution in [0.25, 0.3) is 0 Å². The smallest absolute Gasteiger partial charge is 0.197 e. The van der Waals surface area contributed by atoms with Crippen LogP contribution in [0.4, 0.5) is 4.39 Å². The molecule has 4 nitrogen and oxygen atoms in total. The molecule has 0 unspecified atom stereocenters. The number of carbonyl (C=O) groups is 1. The molecule has 0 fully saturated rings. The summed E-state index contributed by atoms with van der Waals surface area (Å²) in [4.78, 5) is 11.3. The van der Waals surface area contributed by atoms with Crippen LogP contribution < -0.4 is 15.2 Å². The molecule has 0 aliphatic carbocycles. The number of rotatable bonds is 2. The van der Waals surface area contributed by atoms with Gasteiger partial charge in [-0.15, -0.1) is 0 Å². The molecule has 1 aliphatic heterocycles. The molecule has 0 aromatic heterocycles. The van der Waals surface area contributed by atoms with Crippen LogP contribution in [0.5, 0.6) is 11.5 Å². The Bertz CT molecular complexity index is 420. The summed E-state index contributed by atoms with van der Waals surface area (Å²) >= 11 is 0. The molecule has 2 N–H and O–H groups in total. The van der Waals surface area contributed by atoms with E-state index in [1.165, 1.54) is 12.1 Å². The van der Waals surface area contributed by atoms with Gasteiger partial charge in [-0.1, -0.05) is 0 Å². The standard InChI is InChI=1S/C11H12FNO3/c12-10-7(8(14)6-13)2-3-9-11(10)16-5-1-4-15-9/h2-3H,1,4-6,13H2. The van der Waals surface area contributed by atoms with Crippen LogP contribution in [0.3, 0.4) is 0 Å². The first-order valence-electron chi connectivity index (χ1n) is 5.05. The highest BCUT2D eigenvalue weighted by atomic mass is 19.1. The molecular weight excluding hydrogens is 213 g/mol. The molecule has 0 saturated carbocycles. The number of halogens is 1. The van der Waals surface area contributed by atoms with Gasteiger partial charge in [0.2, 0.25) is 0 Å². The largest absolute Gasteiger partial charge is 0.489 e. The van der Waals surface area contributed by atoms with E-state index in [9.17, 15) is 9.18 Å². The van der Waals surface area contributed by atoms with Gasteiger partial charge in [0, 0.05) is 6.42 Å². The van der Waals surface area contributed by atoms with Crippen molar-refractivity contribution in [2.75, 3.05) is 19.8 Å². The SMILES string of the molecule is NCC(=O)c1ccc2c(c1F)OCCCO2. The van der Waals surface area contributed by atoms with Crippen LogP contribution in [-0.4, -0.2) is 25.5 Å². The fraction of sp³-hybridized carbons (Fsp3) is 0.364. The fourth-order valence-corrected chi connectivity index (χ4v) is 1.53. The summed E-state index contributed by atoms with van der Waals surface area (Å²) in [6.45, 7) is 0.636. The predicted molar refractivity (Wildman–Crippen MR) is 55.4 cm³/mol. The molecule has 0 bridgehead atoms. The van der Waals surface area contributed by atoms with Gasteiger partial charge >= 0.3 is 0 Å². The maximum atomic E-state index is 13.9. The molecule has 1 aromatic carbocycles. The quantitative estimate of drug-likeness (QED) is 0.766. The van der Waals surface area contributed by atoms with Crippen molar-refractivity contribution in [2.45, 2.75) is 6.42 Å². The molecule has 1 aromatic rings. The number of benzene rings is 1. The van der Waals surface area contributed by atoms with Crippen LogP contribution >= 0.6 is 0 Å². The zero-order valence-electron chi connectivity index (χ0n) is 8.66. The highest BCUT2D eigenvalue weighted by Gasteiger charge is 2.21. The van der Waals surface area contributed by atoms with Crippen molar-refractivity contribution in [3.63, 3.8) is 0 Å². The zero-order valence-corrected chi connectivity index (χ0v) is 8.66. The minimum Gasteiger partial charge on any atom is -0.489 e. The minimum atomic E-state index is -0.685. The van der Waals surface area contributed by atoms with E-state index in [-0.39, 0.29) is 17.9 Å². The number of ketones is 1. The van der Waals surface area contributed by atoms with Gasteiger partial charge in [-0.25, -0.2) is 4.39 Å². The Hall–Kier alpha value is -1.62. The molecule has 0 saturated heterocycles. The van der Waals surface area contributed by atoms with Crippen molar-refractivity contribution in [1.82, 2.24) is 0 Å². The Kier molecular flexibility index (Phi) is 3.05. The lowest BCUT2D eigenvalue weighted by atomic mass is 10.1. The molecule has 16 heavy (non-hydrogen) atoms. The number of hydrogen-bond acceptors (Lipinski definition) is 4. The van der Waals surface area contributed by atoms with Gasteiger partial charge in [0.1, 0.15) is 0 Å². The van der Waals surface area contributed by atoms with Gasteiger partial charge in [0.25, 0.3) is 0 Å². The van der Waals surface area contributed by atoms with Gasteiger partial charge in [-0.05, 0) is 12.1 Å². The predicted octanol–water partition coefficient (Wildman–Crippen LogP) is 1.13. The van der Waals surface area contributed by atoms with Crippen LogP contribution in [0, 0.1) is 5.82 Å². The Balaban J connectivity index is 2.45. The highest BCUT2D eigenvalue weighted by molar-refractivity contribution is 5.98. The topological polar surface area (TPSA) is 61.6 Å². The lowest BCUT2D eigenvalue weighted by Crippen LogP contribution is -2.15. The van der Waals surface area contributed by atoms with Crippen LogP contribution in [0.2, 0.25) is 0 Å². The molecule has 86 valence electrons. The first kappa shape index (κ1) is 10.9. The molecular formula is C11H12FNO3. The Morgan fingerprint density at radius 1 is 1.38 bits per heavy atom. The summed E-state index contributed by atoms with van der Waals surface area (Å²) in [5.74, 6) is -0.789. The van der Waals surface area contributed by atoms with Crippen LogP contribution in [0.1, 0.15) is 16.8 Å². The van der Waals surface area contributed by atoms with Crippen molar-refractivity contribution in [1.29, 1.82) is 0 Å². The number of carbonyl (C=O) groups excluding carboxylic acids is 1. The van der Waals surface area contributed by atoms with Gasteiger partial charge < -0.3 is 15.2 Å². The molecule has 1 aliphatic rings. The van der Waals surface area contributed by atoms with E-state index in [4.69, 9.17) is 15.2 Å².